The molecule has 0 saturated carbocycles. The Morgan fingerprint density at radius 3 is 2.60 bits per heavy atom. The molecule has 0 radical (unpaired) electrons. The lowest BCUT2D eigenvalue weighted by atomic mass is 10.3. The summed E-state index contributed by atoms with van der Waals surface area (Å²) in [6.45, 7) is 0. The summed E-state index contributed by atoms with van der Waals surface area (Å²) in [5.41, 5.74) is 1.56. The number of carbonyl (C=O) groups excluding carboxylic acids is 1. The number of rotatable bonds is 6. The van der Waals surface area contributed by atoms with Crippen LogP contribution in [0.15, 0.2) is 53.7 Å². The number of hydrogen-bond acceptors (Lipinski definition) is 6. The zero-order valence-corrected chi connectivity index (χ0v) is 16.2. The number of methoxy groups -OCH3 is 1. The molecular formula is C16H14IN5O2S. The van der Waals surface area contributed by atoms with Crippen LogP contribution in [0.25, 0.3) is 5.69 Å². The van der Waals surface area contributed by atoms with E-state index in [1.165, 1.54) is 11.8 Å². The van der Waals surface area contributed by atoms with Crippen LogP contribution in [0.2, 0.25) is 0 Å². The summed E-state index contributed by atoms with van der Waals surface area (Å²) >= 11 is 3.49. The third-order valence-electron chi connectivity index (χ3n) is 3.22. The van der Waals surface area contributed by atoms with E-state index in [4.69, 9.17) is 4.74 Å². The highest BCUT2D eigenvalue weighted by Gasteiger charge is 2.12. The quantitative estimate of drug-likeness (QED) is 0.444. The molecule has 0 aliphatic rings. The number of aromatic nitrogens is 4. The van der Waals surface area contributed by atoms with Gasteiger partial charge in [-0.15, -0.1) is 5.10 Å². The Kier molecular flexibility index (Phi) is 5.87. The fourth-order valence-electron chi connectivity index (χ4n) is 2.01. The second-order valence-corrected chi connectivity index (χ2v) is 7.10. The first kappa shape index (κ1) is 17.7. The molecule has 2 aromatic carbocycles. The van der Waals surface area contributed by atoms with Gasteiger partial charge in [-0.3, -0.25) is 4.79 Å². The predicted octanol–water partition coefficient (Wildman–Crippen LogP) is 3.01. The van der Waals surface area contributed by atoms with E-state index in [1.54, 1.807) is 11.8 Å². The Morgan fingerprint density at radius 2 is 1.92 bits per heavy atom. The number of hydrogen-bond donors (Lipinski definition) is 1. The maximum absolute atomic E-state index is 12.1. The Morgan fingerprint density at radius 1 is 1.20 bits per heavy atom. The van der Waals surface area contributed by atoms with E-state index >= 15 is 0 Å². The molecule has 0 atom stereocenters. The molecule has 0 fully saturated rings. The van der Waals surface area contributed by atoms with Gasteiger partial charge in [0.25, 0.3) is 0 Å². The number of anilines is 1. The minimum Gasteiger partial charge on any atom is -0.497 e. The molecule has 9 heteroatoms. The number of carbonyl (C=O) groups is 1. The highest BCUT2D eigenvalue weighted by molar-refractivity contribution is 14.1. The van der Waals surface area contributed by atoms with Gasteiger partial charge in [0.1, 0.15) is 5.75 Å². The molecule has 0 bridgehead atoms. The molecule has 128 valence electrons. The molecule has 0 saturated heterocycles. The van der Waals surface area contributed by atoms with Gasteiger partial charge in [0, 0.05) is 9.26 Å². The number of amides is 1. The van der Waals surface area contributed by atoms with Crippen molar-refractivity contribution in [3.8, 4) is 11.4 Å². The molecule has 7 nitrogen and oxygen atoms in total. The van der Waals surface area contributed by atoms with E-state index in [9.17, 15) is 4.79 Å². The number of thioether (sulfide) groups is 1. The SMILES string of the molecule is COc1ccc(-n2nnnc2SCC(=O)Nc2ccc(I)cc2)cc1. The zero-order valence-electron chi connectivity index (χ0n) is 13.2. The average molecular weight is 467 g/mol. The van der Waals surface area contributed by atoms with E-state index in [0.717, 1.165) is 20.7 Å². The minimum atomic E-state index is -0.115. The molecule has 1 amide bonds. The van der Waals surface area contributed by atoms with Crippen molar-refractivity contribution in [3.05, 3.63) is 52.1 Å². The van der Waals surface area contributed by atoms with Crippen LogP contribution in [0.4, 0.5) is 5.69 Å². The Hall–Kier alpha value is -2.14. The van der Waals surface area contributed by atoms with Crippen molar-refractivity contribution in [2.75, 3.05) is 18.2 Å². The van der Waals surface area contributed by atoms with E-state index in [1.807, 2.05) is 48.5 Å². The van der Waals surface area contributed by atoms with Gasteiger partial charge in [-0.05, 0) is 81.5 Å². The van der Waals surface area contributed by atoms with Crippen molar-refractivity contribution >= 4 is 45.9 Å². The Balaban J connectivity index is 1.62. The van der Waals surface area contributed by atoms with Crippen LogP contribution in [-0.4, -0.2) is 39.0 Å². The lowest BCUT2D eigenvalue weighted by Crippen LogP contribution is -2.14. The summed E-state index contributed by atoms with van der Waals surface area (Å²) in [6, 6.07) is 15.0. The fourth-order valence-corrected chi connectivity index (χ4v) is 3.07. The van der Waals surface area contributed by atoms with Gasteiger partial charge in [0.05, 0.1) is 18.6 Å². The first-order chi connectivity index (χ1) is 12.2. The smallest absolute Gasteiger partial charge is 0.234 e. The lowest BCUT2D eigenvalue weighted by molar-refractivity contribution is -0.113. The highest BCUT2D eigenvalue weighted by Crippen LogP contribution is 2.20. The van der Waals surface area contributed by atoms with Crippen LogP contribution in [0, 0.1) is 3.57 Å². The molecule has 1 heterocycles. The molecule has 1 aromatic heterocycles. The molecule has 1 N–H and O–H groups in total. The molecule has 0 spiro atoms. The summed E-state index contributed by atoms with van der Waals surface area (Å²) in [7, 11) is 1.61. The summed E-state index contributed by atoms with van der Waals surface area (Å²) in [5.74, 6) is 0.848. The average Bonchev–Trinajstić information content (AvgIpc) is 3.10. The maximum atomic E-state index is 12.1. The summed E-state index contributed by atoms with van der Waals surface area (Å²) in [5, 5.41) is 15.0. The monoisotopic (exact) mass is 467 g/mol. The van der Waals surface area contributed by atoms with Crippen molar-refractivity contribution in [1.82, 2.24) is 20.2 Å². The van der Waals surface area contributed by atoms with Crippen molar-refractivity contribution in [1.29, 1.82) is 0 Å². The van der Waals surface area contributed by atoms with E-state index < -0.39 is 0 Å². The van der Waals surface area contributed by atoms with Crippen molar-refractivity contribution in [2.24, 2.45) is 0 Å². The zero-order chi connectivity index (χ0) is 17.6. The molecule has 3 aromatic rings. The third kappa shape index (κ3) is 4.69. The van der Waals surface area contributed by atoms with E-state index in [-0.39, 0.29) is 11.7 Å². The molecule has 0 unspecified atom stereocenters. The summed E-state index contributed by atoms with van der Waals surface area (Å²) in [4.78, 5) is 12.1. The number of nitrogens with zero attached hydrogens (tertiary/aromatic N) is 4. The highest BCUT2D eigenvalue weighted by atomic mass is 127. The normalized spacial score (nSPS) is 10.5. The number of tetrazole rings is 1. The molecule has 3 rings (SSSR count). The maximum Gasteiger partial charge on any atom is 0.234 e. The van der Waals surface area contributed by atoms with Gasteiger partial charge in [0.15, 0.2) is 0 Å². The van der Waals surface area contributed by atoms with Gasteiger partial charge < -0.3 is 10.1 Å². The number of halogens is 1. The van der Waals surface area contributed by atoms with Crippen LogP contribution in [0.1, 0.15) is 0 Å². The van der Waals surface area contributed by atoms with Crippen LogP contribution < -0.4 is 10.1 Å². The Labute approximate surface area is 162 Å². The van der Waals surface area contributed by atoms with Crippen LogP contribution in [0.3, 0.4) is 0 Å². The largest absolute Gasteiger partial charge is 0.497 e. The standard InChI is InChI=1S/C16H14IN5O2S/c1-24-14-8-6-13(7-9-14)22-16(19-20-21-22)25-10-15(23)18-12-4-2-11(17)3-5-12/h2-9H,10H2,1H3,(H,18,23). The van der Waals surface area contributed by atoms with Crippen LogP contribution >= 0.6 is 34.4 Å². The lowest BCUT2D eigenvalue weighted by Gasteiger charge is -2.06. The van der Waals surface area contributed by atoms with Gasteiger partial charge in [-0.2, -0.15) is 4.68 Å². The van der Waals surface area contributed by atoms with Crippen LogP contribution in [-0.2, 0) is 4.79 Å². The second-order valence-electron chi connectivity index (χ2n) is 4.92. The molecule has 25 heavy (non-hydrogen) atoms. The van der Waals surface area contributed by atoms with Gasteiger partial charge >= 0.3 is 0 Å². The van der Waals surface area contributed by atoms with Gasteiger partial charge in [-0.25, -0.2) is 0 Å². The van der Waals surface area contributed by atoms with Crippen molar-refractivity contribution in [2.45, 2.75) is 5.16 Å². The number of ether oxygens (including phenoxy) is 1. The molecule has 0 aliphatic heterocycles. The first-order valence-electron chi connectivity index (χ1n) is 7.27. The van der Waals surface area contributed by atoms with Crippen LogP contribution in [0.5, 0.6) is 5.75 Å². The number of nitrogens with one attached hydrogen (secondary N) is 1. The predicted molar refractivity (Wildman–Crippen MR) is 104 cm³/mol. The molecule has 0 aliphatic carbocycles. The Bertz CT molecular complexity index is 852. The summed E-state index contributed by atoms with van der Waals surface area (Å²) in [6.07, 6.45) is 0. The minimum absolute atomic E-state index is 0.115. The fraction of sp³-hybridized carbons (Fsp3) is 0.125. The third-order valence-corrected chi connectivity index (χ3v) is 4.86. The van der Waals surface area contributed by atoms with Gasteiger partial charge in [0.2, 0.25) is 11.1 Å². The first-order valence-corrected chi connectivity index (χ1v) is 9.33. The van der Waals surface area contributed by atoms with Gasteiger partial charge in [-0.1, -0.05) is 11.8 Å². The number of benzene rings is 2. The second kappa shape index (κ2) is 8.30. The van der Waals surface area contributed by atoms with Crippen molar-refractivity contribution < 1.29 is 9.53 Å². The molecular weight excluding hydrogens is 453 g/mol. The van der Waals surface area contributed by atoms with E-state index in [0.29, 0.717) is 5.16 Å². The topological polar surface area (TPSA) is 81.9 Å². The van der Waals surface area contributed by atoms with E-state index in [2.05, 4.69) is 43.4 Å². The summed E-state index contributed by atoms with van der Waals surface area (Å²) < 4.78 is 7.84. The van der Waals surface area contributed by atoms with Crippen molar-refractivity contribution in [3.63, 3.8) is 0 Å².